The molecule has 0 amide bonds. The summed E-state index contributed by atoms with van der Waals surface area (Å²) in [6, 6.07) is 5.39. The second-order valence-electron chi connectivity index (χ2n) is 4.50. The fourth-order valence-corrected chi connectivity index (χ4v) is 1.72. The van der Waals surface area contributed by atoms with Gasteiger partial charge < -0.3 is 10.4 Å². The Morgan fingerprint density at radius 2 is 2.00 bits per heavy atom. The van der Waals surface area contributed by atoms with Crippen LogP contribution in [0.3, 0.4) is 0 Å². The Hall–Kier alpha value is -1.68. The Kier molecular flexibility index (Phi) is 5.04. The Morgan fingerprint density at radius 1 is 1.33 bits per heavy atom. The van der Waals surface area contributed by atoms with Crippen molar-refractivity contribution in [3.05, 3.63) is 34.9 Å². The molecule has 4 nitrogen and oxygen atoms in total. The molecule has 1 atom stereocenters. The third kappa shape index (κ3) is 3.96. The summed E-state index contributed by atoms with van der Waals surface area (Å²) in [7, 11) is 0. The smallest absolute Gasteiger partial charge is 0.304 e. The standard InChI is InChI=1S/C14H19NO3/c1-9-4-5-10(2)12(8-9)14(18)11(3)15-7-6-13(16)17/h4-5,8,11,15H,6-7H2,1-3H3,(H,16,17). The highest BCUT2D eigenvalue weighted by Crippen LogP contribution is 2.13. The monoisotopic (exact) mass is 249 g/mol. The van der Waals surface area contributed by atoms with Gasteiger partial charge in [0.2, 0.25) is 0 Å². The van der Waals surface area contributed by atoms with Crippen LogP contribution >= 0.6 is 0 Å². The van der Waals surface area contributed by atoms with Gasteiger partial charge in [0.25, 0.3) is 0 Å². The predicted octanol–water partition coefficient (Wildman–Crippen LogP) is 1.94. The number of rotatable bonds is 6. The largest absolute Gasteiger partial charge is 0.481 e. The van der Waals surface area contributed by atoms with E-state index in [2.05, 4.69) is 5.32 Å². The van der Waals surface area contributed by atoms with Gasteiger partial charge in [-0.3, -0.25) is 9.59 Å². The van der Waals surface area contributed by atoms with E-state index < -0.39 is 5.97 Å². The number of aryl methyl sites for hydroxylation is 2. The third-order valence-electron chi connectivity index (χ3n) is 2.84. The van der Waals surface area contributed by atoms with E-state index in [1.807, 2.05) is 32.0 Å². The van der Waals surface area contributed by atoms with Crippen LogP contribution in [-0.4, -0.2) is 29.4 Å². The van der Waals surface area contributed by atoms with Crippen LogP contribution in [0.25, 0.3) is 0 Å². The lowest BCUT2D eigenvalue weighted by molar-refractivity contribution is -0.136. The number of ketones is 1. The molecule has 0 bridgehead atoms. The molecule has 4 heteroatoms. The maximum atomic E-state index is 12.2. The van der Waals surface area contributed by atoms with Crippen LogP contribution in [0, 0.1) is 13.8 Å². The maximum absolute atomic E-state index is 12.2. The molecule has 0 aliphatic carbocycles. The van der Waals surface area contributed by atoms with Crippen molar-refractivity contribution in [1.29, 1.82) is 0 Å². The molecule has 1 rings (SSSR count). The molecule has 0 radical (unpaired) electrons. The van der Waals surface area contributed by atoms with Gasteiger partial charge in [-0.2, -0.15) is 0 Å². The minimum atomic E-state index is -0.867. The molecular weight excluding hydrogens is 230 g/mol. The van der Waals surface area contributed by atoms with Crippen LogP contribution in [0.15, 0.2) is 18.2 Å². The fraction of sp³-hybridized carbons (Fsp3) is 0.429. The maximum Gasteiger partial charge on any atom is 0.304 e. The number of benzene rings is 1. The van der Waals surface area contributed by atoms with E-state index in [0.29, 0.717) is 12.1 Å². The summed E-state index contributed by atoms with van der Waals surface area (Å²) in [4.78, 5) is 22.6. The van der Waals surface area contributed by atoms with Crippen LogP contribution < -0.4 is 5.32 Å². The zero-order valence-corrected chi connectivity index (χ0v) is 11.0. The molecule has 1 aromatic rings. The molecular formula is C14H19NO3. The summed E-state index contributed by atoms with van der Waals surface area (Å²) in [5.41, 5.74) is 2.68. The van der Waals surface area contributed by atoms with E-state index in [-0.39, 0.29) is 18.2 Å². The number of Topliss-reactive ketones (excluding diaryl/α,β-unsaturated/α-hetero) is 1. The van der Waals surface area contributed by atoms with Gasteiger partial charge in [-0.15, -0.1) is 0 Å². The predicted molar refractivity (Wildman–Crippen MR) is 70.0 cm³/mol. The van der Waals surface area contributed by atoms with Gasteiger partial charge in [0, 0.05) is 12.1 Å². The molecule has 0 saturated heterocycles. The van der Waals surface area contributed by atoms with Crippen molar-refractivity contribution in [2.24, 2.45) is 0 Å². The number of aliphatic carboxylic acids is 1. The van der Waals surface area contributed by atoms with Crippen molar-refractivity contribution in [1.82, 2.24) is 5.32 Å². The number of hydrogen-bond donors (Lipinski definition) is 2. The number of carbonyl (C=O) groups is 2. The van der Waals surface area contributed by atoms with E-state index in [0.717, 1.165) is 11.1 Å². The summed E-state index contributed by atoms with van der Waals surface area (Å²) in [5.74, 6) is -0.865. The van der Waals surface area contributed by atoms with E-state index >= 15 is 0 Å². The van der Waals surface area contributed by atoms with Gasteiger partial charge in [-0.1, -0.05) is 17.7 Å². The number of hydrogen-bond acceptors (Lipinski definition) is 3. The molecule has 0 heterocycles. The first-order chi connectivity index (χ1) is 8.41. The van der Waals surface area contributed by atoms with E-state index in [1.54, 1.807) is 6.92 Å². The van der Waals surface area contributed by atoms with Gasteiger partial charge in [0.15, 0.2) is 5.78 Å². The summed E-state index contributed by atoms with van der Waals surface area (Å²) < 4.78 is 0. The lowest BCUT2D eigenvalue weighted by Gasteiger charge is -2.14. The molecule has 1 unspecified atom stereocenters. The van der Waals surface area contributed by atoms with Gasteiger partial charge in [-0.25, -0.2) is 0 Å². The van der Waals surface area contributed by atoms with Crippen molar-refractivity contribution < 1.29 is 14.7 Å². The first-order valence-electron chi connectivity index (χ1n) is 5.98. The van der Waals surface area contributed by atoms with Crippen LogP contribution in [0.4, 0.5) is 0 Å². The Morgan fingerprint density at radius 3 is 2.61 bits per heavy atom. The molecule has 0 aliphatic rings. The topological polar surface area (TPSA) is 66.4 Å². The van der Waals surface area contributed by atoms with Crippen LogP contribution in [0.1, 0.15) is 34.8 Å². The average Bonchev–Trinajstić information content (AvgIpc) is 2.30. The van der Waals surface area contributed by atoms with Crippen molar-refractivity contribution >= 4 is 11.8 Å². The highest BCUT2D eigenvalue weighted by Gasteiger charge is 2.16. The lowest BCUT2D eigenvalue weighted by Crippen LogP contribution is -2.35. The number of nitrogens with one attached hydrogen (secondary N) is 1. The summed E-state index contributed by atoms with van der Waals surface area (Å²) in [5, 5.41) is 11.5. The summed E-state index contributed by atoms with van der Waals surface area (Å²) >= 11 is 0. The average molecular weight is 249 g/mol. The van der Waals surface area contributed by atoms with Crippen molar-refractivity contribution in [2.45, 2.75) is 33.2 Å². The highest BCUT2D eigenvalue weighted by molar-refractivity contribution is 6.01. The number of carbonyl (C=O) groups excluding carboxylic acids is 1. The summed E-state index contributed by atoms with van der Waals surface area (Å²) in [6.45, 7) is 5.90. The minimum absolute atomic E-state index is 0.00147. The molecule has 0 spiro atoms. The molecule has 0 aliphatic heterocycles. The zero-order valence-electron chi connectivity index (χ0n) is 11.0. The van der Waals surface area contributed by atoms with E-state index in [4.69, 9.17) is 5.11 Å². The minimum Gasteiger partial charge on any atom is -0.481 e. The van der Waals surface area contributed by atoms with Crippen LogP contribution in [0.2, 0.25) is 0 Å². The molecule has 0 saturated carbocycles. The summed E-state index contributed by atoms with van der Waals surface area (Å²) in [6.07, 6.45) is 0.0183. The van der Waals surface area contributed by atoms with Crippen molar-refractivity contribution in [3.63, 3.8) is 0 Å². The molecule has 98 valence electrons. The van der Waals surface area contributed by atoms with E-state index in [1.165, 1.54) is 0 Å². The number of carboxylic acids is 1. The number of carboxylic acid groups (broad SMARTS) is 1. The third-order valence-corrected chi connectivity index (χ3v) is 2.84. The molecule has 18 heavy (non-hydrogen) atoms. The molecule has 0 fully saturated rings. The van der Waals surface area contributed by atoms with Crippen LogP contribution in [-0.2, 0) is 4.79 Å². The highest BCUT2D eigenvalue weighted by atomic mass is 16.4. The van der Waals surface area contributed by atoms with Gasteiger partial charge in [0.1, 0.15) is 0 Å². The molecule has 0 aromatic heterocycles. The van der Waals surface area contributed by atoms with Crippen molar-refractivity contribution in [3.8, 4) is 0 Å². The second kappa shape index (κ2) is 6.31. The van der Waals surface area contributed by atoms with Gasteiger partial charge in [-0.05, 0) is 32.4 Å². The lowest BCUT2D eigenvalue weighted by atomic mass is 9.98. The van der Waals surface area contributed by atoms with Crippen molar-refractivity contribution in [2.75, 3.05) is 6.54 Å². The Balaban J connectivity index is 2.68. The first kappa shape index (κ1) is 14.4. The molecule has 1 aromatic carbocycles. The Labute approximate surface area is 107 Å². The quantitative estimate of drug-likeness (QED) is 0.756. The van der Waals surface area contributed by atoms with E-state index in [9.17, 15) is 9.59 Å². The fourth-order valence-electron chi connectivity index (χ4n) is 1.72. The van der Waals surface area contributed by atoms with Crippen LogP contribution in [0.5, 0.6) is 0 Å². The Bertz CT molecular complexity index is 454. The molecule has 2 N–H and O–H groups in total. The van der Waals surface area contributed by atoms with Gasteiger partial charge in [0.05, 0.1) is 12.5 Å². The first-order valence-corrected chi connectivity index (χ1v) is 5.98. The SMILES string of the molecule is Cc1ccc(C)c(C(=O)C(C)NCCC(=O)O)c1. The normalized spacial score (nSPS) is 12.2. The van der Waals surface area contributed by atoms with Gasteiger partial charge >= 0.3 is 5.97 Å². The zero-order chi connectivity index (χ0) is 13.7. The second-order valence-corrected chi connectivity index (χ2v) is 4.50.